The van der Waals surface area contributed by atoms with Crippen molar-refractivity contribution in [1.82, 2.24) is 19.0 Å². The van der Waals surface area contributed by atoms with Gasteiger partial charge in [0.05, 0.1) is 5.56 Å². The molecule has 3 heterocycles. The second kappa shape index (κ2) is 9.23. The number of aryl methyl sites for hydroxylation is 2. The fraction of sp³-hybridized carbons (Fsp3) is 0.565. The maximum Gasteiger partial charge on any atom is 0.263 e. The molecule has 8 nitrogen and oxygen atoms in total. The number of benzene rings is 1. The lowest BCUT2D eigenvalue weighted by atomic mass is 10.1. The summed E-state index contributed by atoms with van der Waals surface area (Å²) in [5.41, 5.74) is 3.80. The Hall–Kier alpha value is -2.39. The summed E-state index contributed by atoms with van der Waals surface area (Å²) >= 11 is 0. The van der Waals surface area contributed by atoms with Gasteiger partial charge in [-0.2, -0.15) is 9.40 Å². The summed E-state index contributed by atoms with van der Waals surface area (Å²) in [6.45, 7) is 9.87. The van der Waals surface area contributed by atoms with Gasteiger partial charge in [-0.1, -0.05) is 12.1 Å². The van der Waals surface area contributed by atoms with Gasteiger partial charge in [-0.25, -0.2) is 8.42 Å². The number of anilines is 1. The van der Waals surface area contributed by atoms with Crippen LogP contribution >= 0.6 is 0 Å². The van der Waals surface area contributed by atoms with Crippen LogP contribution in [-0.4, -0.2) is 72.6 Å². The van der Waals surface area contributed by atoms with E-state index in [2.05, 4.69) is 36.0 Å². The molecule has 0 unspecified atom stereocenters. The maximum atomic E-state index is 13.5. The van der Waals surface area contributed by atoms with Crippen molar-refractivity contribution in [3.05, 3.63) is 41.1 Å². The Kier molecular flexibility index (Phi) is 6.57. The van der Waals surface area contributed by atoms with Crippen LogP contribution in [-0.2, 0) is 16.6 Å². The zero-order valence-corrected chi connectivity index (χ0v) is 20.1. The number of sulfonamides is 1. The number of piperidine rings is 1. The minimum atomic E-state index is -3.86. The topological polar surface area (TPSA) is 78.8 Å². The van der Waals surface area contributed by atoms with Crippen molar-refractivity contribution in [2.24, 2.45) is 0 Å². The number of nitrogens with zero attached hydrogens (tertiary/aromatic N) is 5. The Morgan fingerprint density at radius 1 is 1.00 bits per heavy atom. The van der Waals surface area contributed by atoms with Crippen molar-refractivity contribution in [1.29, 1.82) is 0 Å². The summed E-state index contributed by atoms with van der Waals surface area (Å²) in [4.78, 5) is 17.2. The molecular weight excluding hydrogens is 426 g/mol. The van der Waals surface area contributed by atoms with Crippen molar-refractivity contribution < 1.29 is 13.2 Å². The standard InChI is InChI=1S/C23H33N5O3S/c1-4-27-17-20(23(29)26-11-6-5-7-12-26)22(24-27)32(30,31)28-15-13-25(14-16-28)21-10-8-9-18(2)19(21)3/h8-10,17H,4-7,11-16H2,1-3H3. The molecule has 4 rings (SSSR count). The monoisotopic (exact) mass is 459 g/mol. The molecule has 0 spiro atoms. The average molecular weight is 460 g/mol. The molecule has 2 aliphatic heterocycles. The number of hydrogen-bond donors (Lipinski definition) is 0. The minimum absolute atomic E-state index is 0.102. The molecule has 2 saturated heterocycles. The Balaban J connectivity index is 1.56. The first-order valence-corrected chi connectivity index (χ1v) is 12.9. The highest BCUT2D eigenvalue weighted by Gasteiger charge is 2.36. The zero-order chi connectivity index (χ0) is 22.9. The van der Waals surface area contributed by atoms with Gasteiger partial charge in [-0.15, -0.1) is 0 Å². The van der Waals surface area contributed by atoms with Crippen LogP contribution in [0, 0.1) is 13.8 Å². The van der Waals surface area contributed by atoms with E-state index in [0.717, 1.165) is 24.9 Å². The fourth-order valence-electron chi connectivity index (χ4n) is 4.54. The third kappa shape index (κ3) is 4.28. The first-order valence-electron chi connectivity index (χ1n) is 11.5. The van der Waals surface area contributed by atoms with E-state index in [1.165, 1.54) is 15.4 Å². The van der Waals surface area contributed by atoms with E-state index in [1.807, 2.05) is 13.0 Å². The molecule has 2 aromatic rings. The van der Waals surface area contributed by atoms with Crippen LogP contribution in [0.15, 0.2) is 29.4 Å². The third-order valence-corrected chi connectivity index (χ3v) is 8.50. The summed E-state index contributed by atoms with van der Waals surface area (Å²) in [6.07, 6.45) is 4.61. The van der Waals surface area contributed by atoms with Crippen LogP contribution < -0.4 is 4.90 Å². The highest BCUT2D eigenvalue weighted by Crippen LogP contribution is 2.27. The highest BCUT2D eigenvalue weighted by atomic mass is 32.2. The number of carbonyl (C=O) groups is 1. The maximum absolute atomic E-state index is 13.5. The number of piperazine rings is 1. The lowest BCUT2D eigenvalue weighted by Crippen LogP contribution is -2.49. The van der Waals surface area contributed by atoms with Crippen molar-refractivity contribution in [2.45, 2.75) is 51.6 Å². The van der Waals surface area contributed by atoms with Crippen molar-refractivity contribution in [2.75, 3.05) is 44.2 Å². The molecule has 0 aliphatic carbocycles. The smallest absolute Gasteiger partial charge is 0.263 e. The van der Waals surface area contributed by atoms with Gasteiger partial charge in [-0.3, -0.25) is 9.48 Å². The summed E-state index contributed by atoms with van der Waals surface area (Å²) in [5, 5.41) is 4.22. The Labute approximate surface area is 190 Å². The quantitative estimate of drug-likeness (QED) is 0.687. The van der Waals surface area contributed by atoms with Gasteiger partial charge in [-0.05, 0) is 57.2 Å². The normalized spacial score (nSPS) is 18.2. The molecule has 0 radical (unpaired) electrons. The van der Waals surface area contributed by atoms with E-state index in [1.54, 1.807) is 15.8 Å². The molecule has 2 fully saturated rings. The van der Waals surface area contributed by atoms with Gasteiger partial charge in [0.1, 0.15) is 0 Å². The first kappa shape index (κ1) is 22.8. The second-order valence-electron chi connectivity index (χ2n) is 8.67. The number of aromatic nitrogens is 2. The van der Waals surface area contributed by atoms with Gasteiger partial charge in [0, 0.05) is 57.7 Å². The van der Waals surface area contributed by atoms with Crippen LogP contribution in [0.2, 0.25) is 0 Å². The van der Waals surface area contributed by atoms with Crippen LogP contribution in [0.1, 0.15) is 47.7 Å². The fourth-order valence-corrected chi connectivity index (χ4v) is 6.05. The molecule has 174 valence electrons. The number of amides is 1. The van der Waals surface area contributed by atoms with E-state index in [-0.39, 0.29) is 16.5 Å². The van der Waals surface area contributed by atoms with Crippen LogP contribution in [0.25, 0.3) is 0 Å². The van der Waals surface area contributed by atoms with Gasteiger partial charge in [0.15, 0.2) is 0 Å². The summed E-state index contributed by atoms with van der Waals surface area (Å²) in [7, 11) is -3.86. The van der Waals surface area contributed by atoms with E-state index in [4.69, 9.17) is 0 Å². The average Bonchev–Trinajstić information content (AvgIpc) is 3.27. The molecule has 1 aromatic heterocycles. The van der Waals surface area contributed by atoms with Crippen LogP contribution in [0.5, 0.6) is 0 Å². The van der Waals surface area contributed by atoms with Crippen molar-refractivity contribution in [3.8, 4) is 0 Å². The summed E-state index contributed by atoms with van der Waals surface area (Å²) in [6, 6.07) is 6.21. The molecule has 9 heteroatoms. The lowest BCUT2D eigenvalue weighted by Gasteiger charge is -2.36. The highest BCUT2D eigenvalue weighted by molar-refractivity contribution is 7.89. The van der Waals surface area contributed by atoms with Crippen LogP contribution in [0.4, 0.5) is 5.69 Å². The Morgan fingerprint density at radius 3 is 2.34 bits per heavy atom. The largest absolute Gasteiger partial charge is 0.369 e. The first-order chi connectivity index (χ1) is 15.3. The molecule has 0 saturated carbocycles. The van der Waals surface area contributed by atoms with Gasteiger partial charge in [0.2, 0.25) is 5.03 Å². The van der Waals surface area contributed by atoms with Crippen molar-refractivity contribution in [3.63, 3.8) is 0 Å². The minimum Gasteiger partial charge on any atom is -0.369 e. The Morgan fingerprint density at radius 2 is 1.69 bits per heavy atom. The van der Waals surface area contributed by atoms with E-state index < -0.39 is 10.0 Å². The van der Waals surface area contributed by atoms with Gasteiger partial charge >= 0.3 is 0 Å². The van der Waals surface area contributed by atoms with E-state index in [9.17, 15) is 13.2 Å². The number of hydrogen-bond acceptors (Lipinski definition) is 5. The predicted octanol–water partition coefficient (Wildman–Crippen LogP) is 2.66. The zero-order valence-electron chi connectivity index (χ0n) is 19.2. The van der Waals surface area contributed by atoms with E-state index >= 15 is 0 Å². The summed E-state index contributed by atoms with van der Waals surface area (Å²) in [5.74, 6) is -0.225. The molecule has 1 amide bonds. The van der Waals surface area contributed by atoms with Crippen molar-refractivity contribution >= 4 is 21.6 Å². The second-order valence-corrected chi connectivity index (χ2v) is 10.5. The SMILES string of the molecule is CCn1cc(C(=O)N2CCCCC2)c(S(=O)(=O)N2CCN(c3cccc(C)c3C)CC2)n1. The molecule has 0 N–H and O–H groups in total. The molecule has 2 aliphatic rings. The lowest BCUT2D eigenvalue weighted by molar-refractivity contribution is 0.0720. The Bertz CT molecular complexity index is 1080. The molecule has 32 heavy (non-hydrogen) atoms. The van der Waals surface area contributed by atoms with Gasteiger partial charge in [0.25, 0.3) is 15.9 Å². The molecule has 1 aromatic carbocycles. The molecular formula is C23H33N5O3S. The molecule has 0 atom stereocenters. The summed E-state index contributed by atoms with van der Waals surface area (Å²) < 4.78 is 30.1. The molecule has 0 bridgehead atoms. The third-order valence-electron chi connectivity index (χ3n) is 6.67. The number of likely N-dealkylation sites (tertiary alicyclic amines) is 1. The number of carbonyl (C=O) groups excluding carboxylic acids is 1. The predicted molar refractivity (Wildman–Crippen MR) is 125 cm³/mol. The van der Waals surface area contributed by atoms with Crippen LogP contribution in [0.3, 0.4) is 0 Å². The van der Waals surface area contributed by atoms with Gasteiger partial charge < -0.3 is 9.80 Å². The van der Waals surface area contributed by atoms with E-state index in [0.29, 0.717) is 45.8 Å². The number of rotatable bonds is 5.